The largest absolute Gasteiger partial charge is 0.469 e. The zero-order valence-electron chi connectivity index (χ0n) is 10.6. The fourth-order valence-electron chi connectivity index (χ4n) is 3.77. The van der Waals surface area contributed by atoms with Gasteiger partial charge >= 0.3 is 0 Å². The molecule has 1 aromatic rings. The van der Waals surface area contributed by atoms with Gasteiger partial charge in [0, 0.05) is 6.42 Å². The van der Waals surface area contributed by atoms with Crippen molar-refractivity contribution in [3.63, 3.8) is 0 Å². The Morgan fingerprint density at radius 1 is 1.47 bits per heavy atom. The summed E-state index contributed by atoms with van der Waals surface area (Å²) < 4.78 is 5.62. The molecule has 0 unspecified atom stereocenters. The van der Waals surface area contributed by atoms with Crippen molar-refractivity contribution in [2.24, 2.45) is 11.8 Å². The van der Waals surface area contributed by atoms with E-state index in [0.717, 1.165) is 18.6 Å². The van der Waals surface area contributed by atoms with Crippen molar-refractivity contribution < 1.29 is 9.52 Å². The highest BCUT2D eigenvalue weighted by atomic mass is 16.3. The molecule has 2 nitrogen and oxygen atoms in total. The van der Waals surface area contributed by atoms with Crippen LogP contribution in [0.1, 0.15) is 38.0 Å². The molecule has 0 bridgehead atoms. The molecule has 0 aliphatic heterocycles. The lowest BCUT2D eigenvalue weighted by molar-refractivity contribution is 0.182. The molecule has 2 heteroatoms. The third kappa shape index (κ3) is 1.58. The van der Waals surface area contributed by atoms with E-state index in [9.17, 15) is 5.11 Å². The van der Waals surface area contributed by atoms with Crippen LogP contribution in [0, 0.1) is 11.8 Å². The second-order valence-corrected chi connectivity index (χ2v) is 5.98. The molecular weight excluding hydrogens is 212 g/mol. The summed E-state index contributed by atoms with van der Waals surface area (Å²) in [5.41, 5.74) is 2.79. The Kier molecular flexibility index (Phi) is 2.44. The highest BCUT2D eigenvalue weighted by Gasteiger charge is 2.44. The zero-order valence-corrected chi connectivity index (χ0v) is 10.6. The molecule has 0 amide bonds. The molecule has 92 valence electrons. The van der Waals surface area contributed by atoms with Crippen molar-refractivity contribution in [1.29, 1.82) is 0 Å². The predicted octanol–water partition coefficient (Wildman–Crippen LogP) is 3.06. The van der Waals surface area contributed by atoms with E-state index in [1.165, 1.54) is 17.6 Å². The van der Waals surface area contributed by atoms with Crippen molar-refractivity contribution in [3.05, 3.63) is 35.3 Å². The van der Waals surface area contributed by atoms with Gasteiger partial charge in [-0.1, -0.05) is 19.9 Å². The number of fused-ring (bicyclic) bond motifs is 2. The lowest BCUT2D eigenvalue weighted by atomic mass is 9.59. The van der Waals surface area contributed by atoms with Crippen LogP contribution < -0.4 is 0 Å². The molecule has 0 saturated carbocycles. The number of aliphatic hydroxyl groups excluding tert-OH is 1. The predicted molar refractivity (Wildman–Crippen MR) is 66.8 cm³/mol. The van der Waals surface area contributed by atoms with Gasteiger partial charge < -0.3 is 9.52 Å². The van der Waals surface area contributed by atoms with Crippen LogP contribution in [-0.4, -0.2) is 11.7 Å². The molecule has 0 radical (unpaired) electrons. The summed E-state index contributed by atoms with van der Waals surface area (Å²) in [6.45, 7) is 4.88. The fourth-order valence-corrected chi connectivity index (χ4v) is 3.77. The van der Waals surface area contributed by atoms with Gasteiger partial charge in [0.25, 0.3) is 0 Å². The molecule has 0 aromatic carbocycles. The van der Waals surface area contributed by atoms with Crippen molar-refractivity contribution in [2.75, 3.05) is 6.61 Å². The molecule has 0 fully saturated rings. The van der Waals surface area contributed by atoms with E-state index < -0.39 is 0 Å². The van der Waals surface area contributed by atoms with E-state index >= 15 is 0 Å². The van der Waals surface area contributed by atoms with E-state index in [4.69, 9.17) is 4.42 Å². The third-order valence-corrected chi connectivity index (χ3v) is 4.73. The normalized spacial score (nSPS) is 30.4. The number of furan rings is 1. The topological polar surface area (TPSA) is 33.4 Å². The first kappa shape index (κ1) is 11.1. The van der Waals surface area contributed by atoms with E-state index in [1.807, 2.05) is 6.26 Å². The molecule has 3 rings (SSSR count). The summed E-state index contributed by atoms with van der Waals surface area (Å²) in [6.07, 6.45) is 7.35. The summed E-state index contributed by atoms with van der Waals surface area (Å²) >= 11 is 0. The second kappa shape index (κ2) is 3.74. The lowest BCUT2D eigenvalue weighted by Gasteiger charge is -2.45. The maximum absolute atomic E-state index is 9.27. The minimum absolute atomic E-state index is 0.197. The van der Waals surface area contributed by atoms with Gasteiger partial charge in [-0.3, -0.25) is 0 Å². The highest BCUT2D eigenvalue weighted by Crippen LogP contribution is 2.49. The summed E-state index contributed by atoms with van der Waals surface area (Å²) in [5, 5.41) is 9.27. The fraction of sp³-hybridized carbons (Fsp3) is 0.600. The molecule has 0 saturated heterocycles. The molecule has 1 N–H and O–H groups in total. The average Bonchev–Trinajstić information content (AvgIpc) is 2.77. The summed E-state index contributed by atoms with van der Waals surface area (Å²) in [7, 11) is 0. The molecule has 0 spiro atoms. The van der Waals surface area contributed by atoms with Crippen LogP contribution in [0.3, 0.4) is 0 Å². The van der Waals surface area contributed by atoms with Crippen molar-refractivity contribution in [1.82, 2.24) is 0 Å². The van der Waals surface area contributed by atoms with E-state index in [1.54, 1.807) is 0 Å². The Labute approximate surface area is 102 Å². The summed E-state index contributed by atoms with van der Waals surface area (Å²) in [6, 6.07) is 2.14. The van der Waals surface area contributed by atoms with Gasteiger partial charge in [-0.15, -0.1) is 0 Å². The summed E-state index contributed by atoms with van der Waals surface area (Å²) in [5.74, 6) is 2.37. The molecule has 2 aliphatic carbocycles. The SMILES string of the molecule is CC1(C)c2ccoc2C[C@H]2C=C(CO)CC[C@H]21. The van der Waals surface area contributed by atoms with E-state index in [-0.39, 0.29) is 12.0 Å². The first-order valence-corrected chi connectivity index (χ1v) is 6.50. The maximum atomic E-state index is 9.27. The minimum atomic E-state index is 0.197. The monoisotopic (exact) mass is 232 g/mol. The van der Waals surface area contributed by atoms with Crippen LogP contribution in [-0.2, 0) is 11.8 Å². The Hall–Kier alpha value is -1.02. The maximum Gasteiger partial charge on any atom is 0.108 e. The number of aliphatic hydroxyl groups is 1. The number of hydrogen-bond acceptors (Lipinski definition) is 2. The lowest BCUT2D eigenvalue weighted by Crippen LogP contribution is -2.40. The Morgan fingerprint density at radius 2 is 2.29 bits per heavy atom. The molecule has 1 heterocycles. The van der Waals surface area contributed by atoms with E-state index in [0.29, 0.717) is 11.8 Å². The van der Waals surface area contributed by atoms with Crippen LogP contribution in [0.5, 0.6) is 0 Å². The standard InChI is InChI=1S/C15H20O2/c1-15(2)12-4-3-10(9-16)7-11(12)8-14-13(15)5-6-17-14/h5-7,11-12,16H,3-4,8-9H2,1-2H3/t11-,12-/m1/s1. The molecular formula is C15H20O2. The quantitative estimate of drug-likeness (QED) is 0.755. The van der Waals surface area contributed by atoms with Gasteiger partial charge in [0.15, 0.2) is 0 Å². The van der Waals surface area contributed by atoms with Gasteiger partial charge in [0.1, 0.15) is 5.76 Å². The highest BCUT2D eigenvalue weighted by molar-refractivity contribution is 5.34. The molecule has 17 heavy (non-hydrogen) atoms. The molecule has 2 aliphatic rings. The van der Waals surface area contributed by atoms with Gasteiger partial charge in [0.2, 0.25) is 0 Å². The van der Waals surface area contributed by atoms with Crippen LogP contribution in [0.2, 0.25) is 0 Å². The van der Waals surface area contributed by atoms with Gasteiger partial charge in [-0.25, -0.2) is 0 Å². The Bertz CT molecular complexity index is 453. The first-order valence-electron chi connectivity index (χ1n) is 6.50. The summed E-state index contributed by atoms with van der Waals surface area (Å²) in [4.78, 5) is 0. The number of rotatable bonds is 1. The van der Waals surface area contributed by atoms with Crippen molar-refractivity contribution in [2.45, 2.75) is 38.5 Å². The van der Waals surface area contributed by atoms with Gasteiger partial charge in [-0.05, 0) is 47.3 Å². The third-order valence-electron chi connectivity index (χ3n) is 4.73. The first-order chi connectivity index (χ1) is 8.13. The van der Waals surface area contributed by atoms with Crippen LogP contribution >= 0.6 is 0 Å². The smallest absolute Gasteiger partial charge is 0.108 e. The Balaban J connectivity index is 2.02. The van der Waals surface area contributed by atoms with E-state index in [2.05, 4.69) is 26.0 Å². The van der Waals surface area contributed by atoms with Gasteiger partial charge in [-0.2, -0.15) is 0 Å². The number of hydrogen-bond donors (Lipinski definition) is 1. The van der Waals surface area contributed by atoms with Gasteiger partial charge in [0.05, 0.1) is 12.9 Å². The average molecular weight is 232 g/mol. The zero-order chi connectivity index (χ0) is 12.0. The van der Waals surface area contributed by atoms with Crippen LogP contribution in [0.25, 0.3) is 0 Å². The van der Waals surface area contributed by atoms with Crippen molar-refractivity contribution >= 4 is 0 Å². The minimum Gasteiger partial charge on any atom is -0.469 e. The number of allylic oxidation sites excluding steroid dienone is 1. The molecule has 1 aromatic heterocycles. The van der Waals surface area contributed by atoms with Crippen molar-refractivity contribution in [3.8, 4) is 0 Å². The Morgan fingerprint density at radius 3 is 3.06 bits per heavy atom. The molecule has 2 atom stereocenters. The second-order valence-electron chi connectivity index (χ2n) is 5.98. The van der Waals surface area contributed by atoms with Crippen LogP contribution in [0.4, 0.5) is 0 Å². The van der Waals surface area contributed by atoms with Crippen LogP contribution in [0.15, 0.2) is 28.4 Å².